The number of anilines is 1. The highest BCUT2D eigenvalue weighted by Crippen LogP contribution is 2.21. The first kappa shape index (κ1) is 23.4. The Morgan fingerprint density at radius 2 is 1.94 bits per heavy atom. The van der Waals surface area contributed by atoms with Crippen LogP contribution in [0.1, 0.15) is 40.6 Å². The molecule has 4 rings (SSSR count). The minimum absolute atomic E-state index is 0.0635. The number of carbonyl (C=O) groups is 1. The van der Waals surface area contributed by atoms with E-state index in [-0.39, 0.29) is 17.3 Å². The smallest absolute Gasteiger partial charge is 0.251 e. The summed E-state index contributed by atoms with van der Waals surface area (Å²) >= 11 is 1.48. The van der Waals surface area contributed by atoms with E-state index in [9.17, 15) is 13.2 Å². The van der Waals surface area contributed by atoms with E-state index in [1.807, 2.05) is 29.6 Å². The van der Waals surface area contributed by atoms with Crippen LogP contribution in [0.15, 0.2) is 65.0 Å². The summed E-state index contributed by atoms with van der Waals surface area (Å²) in [6.07, 6.45) is 4.14. The Morgan fingerprint density at radius 1 is 1.12 bits per heavy atom. The first-order chi connectivity index (χ1) is 15.9. The molecule has 0 atom stereocenters. The van der Waals surface area contributed by atoms with E-state index in [1.54, 1.807) is 18.3 Å². The quantitative estimate of drug-likeness (QED) is 0.508. The summed E-state index contributed by atoms with van der Waals surface area (Å²) in [5.74, 6) is 1.39. The van der Waals surface area contributed by atoms with Crippen LogP contribution >= 0.6 is 11.3 Å². The molecule has 0 unspecified atom stereocenters. The molecule has 33 heavy (non-hydrogen) atoms. The molecule has 174 valence electrons. The molecular weight excluding hydrogens is 456 g/mol. The zero-order valence-electron chi connectivity index (χ0n) is 18.5. The van der Waals surface area contributed by atoms with Crippen LogP contribution in [0.25, 0.3) is 0 Å². The van der Waals surface area contributed by atoms with Crippen LogP contribution in [-0.4, -0.2) is 32.4 Å². The van der Waals surface area contributed by atoms with E-state index in [2.05, 4.69) is 26.8 Å². The SMILES string of the molecule is CC1CCN(c2ccc(CNC(=O)c3cccc(S(=O)(=O)NCc4cccs4)c3)cn2)CC1. The standard InChI is InChI=1S/C24H28N4O3S2/c1-18-9-11-28(12-10-18)23-8-7-19(15-25-23)16-26-24(29)20-4-2-6-22(14-20)33(30,31)27-17-21-5-3-13-32-21/h2-8,13-15,18,27H,9-12,16-17H2,1H3,(H,26,29). The van der Waals surface area contributed by atoms with E-state index in [0.717, 1.165) is 35.3 Å². The van der Waals surface area contributed by atoms with Crippen molar-refractivity contribution in [2.24, 2.45) is 5.92 Å². The number of aromatic nitrogens is 1. The molecule has 1 aliphatic heterocycles. The van der Waals surface area contributed by atoms with Crippen molar-refractivity contribution in [2.45, 2.75) is 37.8 Å². The summed E-state index contributed by atoms with van der Waals surface area (Å²) in [6, 6.07) is 13.8. The fourth-order valence-corrected chi connectivity index (χ4v) is 5.49. The highest BCUT2D eigenvalue weighted by Gasteiger charge is 2.18. The van der Waals surface area contributed by atoms with Crippen molar-refractivity contribution >= 4 is 33.1 Å². The fraction of sp³-hybridized carbons (Fsp3) is 0.333. The molecular formula is C24H28N4O3S2. The Bertz CT molecular complexity index is 1170. The molecule has 2 N–H and O–H groups in total. The van der Waals surface area contributed by atoms with Gasteiger partial charge in [-0.25, -0.2) is 18.1 Å². The van der Waals surface area contributed by atoms with Gasteiger partial charge in [-0.2, -0.15) is 0 Å². The Kier molecular flexibility index (Phi) is 7.42. The van der Waals surface area contributed by atoms with Gasteiger partial charge in [0.1, 0.15) is 5.82 Å². The molecule has 0 aliphatic carbocycles. The Balaban J connectivity index is 1.34. The third kappa shape index (κ3) is 6.19. The molecule has 1 fully saturated rings. The largest absolute Gasteiger partial charge is 0.357 e. The van der Waals surface area contributed by atoms with Crippen LogP contribution in [0.3, 0.4) is 0 Å². The van der Waals surface area contributed by atoms with Crippen molar-refractivity contribution in [3.8, 4) is 0 Å². The van der Waals surface area contributed by atoms with Gasteiger partial charge in [0, 0.05) is 42.8 Å². The maximum Gasteiger partial charge on any atom is 0.251 e. The van der Waals surface area contributed by atoms with Gasteiger partial charge in [-0.3, -0.25) is 4.79 Å². The van der Waals surface area contributed by atoms with Crippen LogP contribution in [-0.2, 0) is 23.1 Å². The van der Waals surface area contributed by atoms with Gasteiger partial charge in [-0.1, -0.05) is 25.1 Å². The predicted octanol–water partition coefficient (Wildman–Crippen LogP) is 3.79. The van der Waals surface area contributed by atoms with E-state index < -0.39 is 10.0 Å². The maximum atomic E-state index is 12.6. The molecule has 0 radical (unpaired) electrons. The molecule has 7 nitrogen and oxygen atoms in total. The summed E-state index contributed by atoms with van der Waals surface area (Å²) in [4.78, 5) is 20.5. The van der Waals surface area contributed by atoms with Gasteiger partial charge in [-0.15, -0.1) is 11.3 Å². The van der Waals surface area contributed by atoms with Gasteiger partial charge in [0.05, 0.1) is 4.90 Å². The topological polar surface area (TPSA) is 91.4 Å². The van der Waals surface area contributed by atoms with Crippen LogP contribution < -0.4 is 14.9 Å². The summed E-state index contributed by atoms with van der Waals surface area (Å²) in [7, 11) is -3.72. The number of carbonyl (C=O) groups excluding carboxylic acids is 1. The van der Waals surface area contributed by atoms with Crippen LogP contribution in [0.5, 0.6) is 0 Å². The molecule has 1 saturated heterocycles. The maximum absolute atomic E-state index is 12.6. The first-order valence-corrected chi connectivity index (χ1v) is 13.4. The molecule has 0 spiro atoms. The number of rotatable bonds is 8. The number of hydrogen-bond acceptors (Lipinski definition) is 6. The fourth-order valence-electron chi connectivity index (χ4n) is 3.70. The second-order valence-corrected chi connectivity index (χ2v) is 11.1. The van der Waals surface area contributed by atoms with Crippen molar-refractivity contribution in [3.63, 3.8) is 0 Å². The van der Waals surface area contributed by atoms with Gasteiger partial charge in [-0.05, 0) is 60.0 Å². The number of thiophene rings is 1. The molecule has 2 aromatic heterocycles. The average Bonchev–Trinajstić information content (AvgIpc) is 3.36. The minimum Gasteiger partial charge on any atom is -0.357 e. The molecule has 1 amide bonds. The number of nitrogens with zero attached hydrogens (tertiary/aromatic N) is 2. The van der Waals surface area contributed by atoms with Gasteiger partial charge >= 0.3 is 0 Å². The third-order valence-corrected chi connectivity index (χ3v) is 8.07. The van der Waals surface area contributed by atoms with Gasteiger partial charge in [0.2, 0.25) is 10.0 Å². The first-order valence-electron chi connectivity index (χ1n) is 11.0. The molecule has 9 heteroatoms. The zero-order valence-corrected chi connectivity index (χ0v) is 20.2. The van der Waals surface area contributed by atoms with Crippen LogP contribution in [0.4, 0.5) is 5.82 Å². The second kappa shape index (κ2) is 10.5. The highest BCUT2D eigenvalue weighted by atomic mass is 32.2. The number of hydrogen-bond donors (Lipinski definition) is 2. The van der Waals surface area contributed by atoms with E-state index in [0.29, 0.717) is 12.1 Å². The van der Waals surface area contributed by atoms with Gasteiger partial charge < -0.3 is 10.2 Å². The van der Waals surface area contributed by atoms with E-state index >= 15 is 0 Å². The molecule has 1 aliphatic rings. The molecule has 0 saturated carbocycles. The third-order valence-electron chi connectivity index (χ3n) is 5.79. The Labute approximate surface area is 198 Å². The number of sulfonamides is 1. The van der Waals surface area contributed by atoms with Gasteiger partial charge in [0.25, 0.3) is 5.91 Å². The number of nitrogens with one attached hydrogen (secondary N) is 2. The Hall–Kier alpha value is -2.75. The monoisotopic (exact) mass is 484 g/mol. The normalized spacial score (nSPS) is 14.9. The lowest BCUT2D eigenvalue weighted by Gasteiger charge is -2.31. The summed E-state index contributed by atoms with van der Waals surface area (Å²) < 4.78 is 27.8. The van der Waals surface area contributed by atoms with Crippen molar-refractivity contribution in [1.29, 1.82) is 0 Å². The van der Waals surface area contributed by atoms with E-state index in [4.69, 9.17) is 0 Å². The second-order valence-electron chi connectivity index (χ2n) is 8.31. The van der Waals surface area contributed by atoms with Crippen molar-refractivity contribution in [2.75, 3.05) is 18.0 Å². The number of benzene rings is 1. The van der Waals surface area contributed by atoms with Gasteiger partial charge in [0.15, 0.2) is 0 Å². The summed E-state index contributed by atoms with van der Waals surface area (Å²) in [5, 5.41) is 4.74. The number of amides is 1. The summed E-state index contributed by atoms with van der Waals surface area (Å²) in [5.41, 5.74) is 1.18. The Morgan fingerprint density at radius 3 is 2.64 bits per heavy atom. The molecule has 3 aromatic rings. The molecule has 0 bridgehead atoms. The number of pyridine rings is 1. The molecule has 3 heterocycles. The van der Waals surface area contributed by atoms with Crippen molar-refractivity contribution < 1.29 is 13.2 Å². The van der Waals surface area contributed by atoms with Crippen LogP contribution in [0.2, 0.25) is 0 Å². The zero-order chi connectivity index (χ0) is 23.3. The van der Waals surface area contributed by atoms with E-state index in [1.165, 1.54) is 36.3 Å². The number of piperidine rings is 1. The van der Waals surface area contributed by atoms with Crippen molar-refractivity contribution in [1.82, 2.24) is 15.0 Å². The van der Waals surface area contributed by atoms with Crippen LogP contribution in [0, 0.1) is 5.92 Å². The average molecular weight is 485 g/mol. The highest BCUT2D eigenvalue weighted by molar-refractivity contribution is 7.89. The minimum atomic E-state index is -3.72. The van der Waals surface area contributed by atoms with Crippen molar-refractivity contribution in [3.05, 3.63) is 76.1 Å². The lowest BCUT2D eigenvalue weighted by atomic mass is 9.99. The lowest BCUT2D eigenvalue weighted by Crippen LogP contribution is -2.33. The summed E-state index contributed by atoms with van der Waals surface area (Å²) in [6.45, 7) is 4.85. The predicted molar refractivity (Wildman–Crippen MR) is 131 cm³/mol. The lowest BCUT2D eigenvalue weighted by molar-refractivity contribution is 0.0950. The molecule has 1 aromatic carbocycles.